The zero-order valence-electron chi connectivity index (χ0n) is 12.5. The van der Waals surface area contributed by atoms with Crippen LogP contribution in [0.1, 0.15) is 34.7 Å². The van der Waals surface area contributed by atoms with Crippen molar-refractivity contribution < 1.29 is 14.3 Å². The van der Waals surface area contributed by atoms with Crippen LogP contribution in [0.4, 0.5) is 0 Å². The van der Waals surface area contributed by atoms with Gasteiger partial charge in [-0.3, -0.25) is 0 Å². The maximum absolute atomic E-state index is 11.4. The molecule has 5 heteroatoms. The number of aromatic amines is 1. The first-order valence-electron chi connectivity index (χ1n) is 6.77. The molecule has 0 bridgehead atoms. The van der Waals surface area contributed by atoms with Gasteiger partial charge in [-0.1, -0.05) is 12.1 Å². The second-order valence-corrected chi connectivity index (χ2v) is 4.77. The molecular formula is C16H20N2O3. The molecule has 5 nitrogen and oxygen atoms in total. The Hall–Kier alpha value is -2.27. The topological polar surface area (TPSA) is 63.4 Å². The predicted octanol–water partition coefficient (Wildman–Crippen LogP) is 2.66. The Kier molecular flexibility index (Phi) is 5.00. The summed E-state index contributed by atoms with van der Waals surface area (Å²) in [6, 6.07) is 11.7. The van der Waals surface area contributed by atoms with E-state index in [4.69, 9.17) is 4.74 Å². The molecule has 2 N–H and O–H groups in total. The molecule has 1 heterocycles. The van der Waals surface area contributed by atoms with Crippen LogP contribution in [0.15, 0.2) is 36.4 Å². The summed E-state index contributed by atoms with van der Waals surface area (Å²) in [5.41, 5.74) is 2.54. The first kappa shape index (κ1) is 15.1. The van der Waals surface area contributed by atoms with Crippen LogP contribution in [0, 0.1) is 0 Å². The van der Waals surface area contributed by atoms with Crippen LogP contribution >= 0.6 is 0 Å². The molecule has 0 saturated carbocycles. The lowest BCUT2D eigenvalue weighted by Crippen LogP contribution is -2.18. The summed E-state index contributed by atoms with van der Waals surface area (Å²) in [7, 11) is 3.02. The average Bonchev–Trinajstić information content (AvgIpc) is 3.00. The number of esters is 1. The second kappa shape index (κ2) is 6.95. The van der Waals surface area contributed by atoms with Gasteiger partial charge in [-0.25, -0.2) is 4.79 Å². The summed E-state index contributed by atoms with van der Waals surface area (Å²) in [6.07, 6.45) is 0. The summed E-state index contributed by atoms with van der Waals surface area (Å²) < 4.78 is 9.89. The third kappa shape index (κ3) is 3.86. The smallest absolute Gasteiger partial charge is 0.354 e. The van der Waals surface area contributed by atoms with E-state index in [1.807, 2.05) is 24.3 Å². The monoisotopic (exact) mass is 288 g/mol. The number of H-pyrrole nitrogens is 1. The van der Waals surface area contributed by atoms with E-state index in [0.29, 0.717) is 12.2 Å². The number of methoxy groups -OCH3 is 2. The molecule has 1 atom stereocenters. The van der Waals surface area contributed by atoms with E-state index in [-0.39, 0.29) is 12.0 Å². The lowest BCUT2D eigenvalue weighted by molar-refractivity contribution is 0.0594. The predicted molar refractivity (Wildman–Crippen MR) is 80.4 cm³/mol. The van der Waals surface area contributed by atoms with Crippen molar-refractivity contribution in [3.05, 3.63) is 53.3 Å². The third-order valence-corrected chi connectivity index (χ3v) is 3.34. The van der Waals surface area contributed by atoms with Crippen LogP contribution in [0.5, 0.6) is 5.75 Å². The van der Waals surface area contributed by atoms with Gasteiger partial charge in [0, 0.05) is 18.3 Å². The first-order chi connectivity index (χ1) is 10.1. The number of ether oxygens (including phenoxy) is 2. The van der Waals surface area contributed by atoms with Crippen molar-refractivity contribution in [2.24, 2.45) is 0 Å². The highest BCUT2D eigenvalue weighted by molar-refractivity contribution is 5.87. The van der Waals surface area contributed by atoms with Crippen molar-refractivity contribution in [1.82, 2.24) is 10.3 Å². The largest absolute Gasteiger partial charge is 0.497 e. The zero-order valence-corrected chi connectivity index (χ0v) is 12.5. The molecule has 1 aromatic carbocycles. The Balaban J connectivity index is 1.95. The van der Waals surface area contributed by atoms with Crippen LogP contribution in [0.2, 0.25) is 0 Å². The lowest BCUT2D eigenvalue weighted by Gasteiger charge is -2.14. The van der Waals surface area contributed by atoms with E-state index >= 15 is 0 Å². The summed E-state index contributed by atoms with van der Waals surface area (Å²) in [4.78, 5) is 14.4. The Labute approximate surface area is 124 Å². The second-order valence-electron chi connectivity index (χ2n) is 4.77. The average molecular weight is 288 g/mol. The molecule has 21 heavy (non-hydrogen) atoms. The number of carbonyl (C=O) groups excluding carboxylic acids is 1. The van der Waals surface area contributed by atoms with Crippen molar-refractivity contribution in [2.45, 2.75) is 19.5 Å². The van der Waals surface area contributed by atoms with Crippen LogP contribution in [0.3, 0.4) is 0 Å². The van der Waals surface area contributed by atoms with Crippen molar-refractivity contribution in [2.75, 3.05) is 14.2 Å². The van der Waals surface area contributed by atoms with Gasteiger partial charge in [0.25, 0.3) is 0 Å². The highest BCUT2D eigenvalue weighted by atomic mass is 16.5. The normalized spacial score (nSPS) is 12.0. The Morgan fingerprint density at radius 2 is 2.10 bits per heavy atom. The third-order valence-electron chi connectivity index (χ3n) is 3.34. The minimum absolute atomic E-state index is 0.171. The summed E-state index contributed by atoms with van der Waals surface area (Å²) in [6.45, 7) is 2.72. The molecule has 0 aliphatic rings. The Morgan fingerprint density at radius 1 is 1.29 bits per heavy atom. The van der Waals surface area contributed by atoms with Crippen LogP contribution < -0.4 is 10.1 Å². The Morgan fingerprint density at radius 3 is 2.81 bits per heavy atom. The number of hydrogen-bond donors (Lipinski definition) is 2. The van der Waals surface area contributed by atoms with Gasteiger partial charge >= 0.3 is 5.97 Å². The number of hydrogen-bond acceptors (Lipinski definition) is 4. The molecule has 1 aromatic heterocycles. The zero-order chi connectivity index (χ0) is 15.2. The standard InChI is InChI=1S/C16H20N2O3/c1-11(12-5-4-6-14(9-12)20-2)17-10-13-7-8-15(18-13)16(19)21-3/h4-9,11,17-18H,10H2,1-3H3/t11-/m1/s1. The fourth-order valence-electron chi connectivity index (χ4n) is 2.06. The molecule has 0 amide bonds. The highest BCUT2D eigenvalue weighted by Gasteiger charge is 2.10. The van der Waals surface area contributed by atoms with E-state index in [0.717, 1.165) is 17.0 Å². The maximum Gasteiger partial charge on any atom is 0.354 e. The van der Waals surface area contributed by atoms with Gasteiger partial charge in [-0.2, -0.15) is 0 Å². The summed E-state index contributed by atoms with van der Waals surface area (Å²) in [5.74, 6) is 0.482. The molecule has 0 fully saturated rings. The molecule has 0 radical (unpaired) electrons. The molecular weight excluding hydrogens is 268 g/mol. The first-order valence-corrected chi connectivity index (χ1v) is 6.77. The van der Waals surface area contributed by atoms with E-state index in [2.05, 4.69) is 28.0 Å². The van der Waals surface area contributed by atoms with Gasteiger partial charge < -0.3 is 19.8 Å². The highest BCUT2D eigenvalue weighted by Crippen LogP contribution is 2.19. The lowest BCUT2D eigenvalue weighted by atomic mass is 10.1. The number of aromatic nitrogens is 1. The van der Waals surface area contributed by atoms with E-state index < -0.39 is 0 Å². The van der Waals surface area contributed by atoms with E-state index in [9.17, 15) is 4.79 Å². The molecule has 2 aromatic rings. The van der Waals surface area contributed by atoms with Crippen LogP contribution in [-0.4, -0.2) is 25.2 Å². The van der Waals surface area contributed by atoms with E-state index in [1.54, 1.807) is 13.2 Å². The number of rotatable bonds is 6. The Bertz CT molecular complexity index is 607. The van der Waals surface area contributed by atoms with Gasteiger partial charge in [0.2, 0.25) is 0 Å². The minimum atomic E-state index is -0.359. The van der Waals surface area contributed by atoms with Crippen molar-refractivity contribution in [3.8, 4) is 5.75 Å². The minimum Gasteiger partial charge on any atom is -0.497 e. The van der Waals surface area contributed by atoms with Crippen molar-refractivity contribution >= 4 is 5.97 Å². The molecule has 2 rings (SSSR count). The molecule has 0 saturated heterocycles. The molecule has 0 aliphatic heterocycles. The number of nitrogens with one attached hydrogen (secondary N) is 2. The number of carbonyl (C=O) groups is 1. The molecule has 0 aliphatic carbocycles. The quantitative estimate of drug-likeness (QED) is 0.802. The van der Waals surface area contributed by atoms with Crippen LogP contribution in [-0.2, 0) is 11.3 Å². The molecule has 112 valence electrons. The van der Waals surface area contributed by atoms with Gasteiger partial charge in [0.1, 0.15) is 11.4 Å². The number of benzene rings is 1. The van der Waals surface area contributed by atoms with Crippen LogP contribution in [0.25, 0.3) is 0 Å². The van der Waals surface area contributed by atoms with Gasteiger partial charge in [-0.05, 0) is 36.8 Å². The summed E-state index contributed by atoms with van der Waals surface area (Å²) in [5, 5.41) is 3.40. The summed E-state index contributed by atoms with van der Waals surface area (Å²) >= 11 is 0. The maximum atomic E-state index is 11.4. The van der Waals surface area contributed by atoms with E-state index in [1.165, 1.54) is 7.11 Å². The molecule has 0 unspecified atom stereocenters. The van der Waals surface area contributed by atoms with Gasteiger partial charge in [0.05, 0.1) is 14.2 Å². The van der Waals surface area contributed by atoms with Gasteiger partial charge in [0.15, 0.2) is 0 Å². The van der Waals surface area contributed by atoms with Crippen molar-refractivity contribution in [3.63, 3.8) is 0 Å². The van der Waals surface area contributed by atoms with Crippen molar-refractivity contribution in [1.29, 1.82) is 0 Å². The fraction of sp³-hybridized carbons (Fsp3) is 0.312. The molecule has 0 spiro atoms. The van der Waals surface area contributed by atoms with Gasteiger partial charge in [-0.15, -0.1) is 0 Å². The fourth-order valence-corrected chi connectivity index (χ4v) is 2.06. The SMILES string of the molecule is COC(=O)c1ccc(CN[C@H](C)c2cccc(OC)c2)[nH]1.